The minimum atomic E-state index is -0.0821. The average Bonchev–Trinajstić information content (AvgIpc) is 2.30. The average molecular weight is 271 g/mol. The summed E-state index contributed by atoms with van der Waals surface area (Å²) in [6.07, 6.45) is 1.39. The van der Waals surface area contributed by atoms with Crippen molar-refractivity contribution in [2.45, 2.75) is 19.3 Å². The molecule has 0 saturated carbocycles. The van der Waals surface area contributed by atoms with E-state index in [0.29, 0.717) is 29.4 Å². The predicted octanol–water partition coefficient (Wildman–Crippen LogP) is 2.96. The minimum Gasteiger partial charge on any atom is -0.356 e. The molecule has 0 spiro atoms. The summed E-state index contributed by atoms with van der Waals surface area (Å²) in [5.41, 5.74) is 0.817. The van der Waals surface area contributed by atoms with E-state index in [1.165, 1.54) is 0 Å². The van der Waals surface area contributed by atoms with Crippen LogP contribution in [0.25, 0.3) is 0 Å². The standard InChI is InChI=1S/C12H12Cl2N2O/c13-10-4-3-9(7-11(10)14)8-12(17)16-6-2-1-5-15/h3-4,7H,1-2,6,8H2,(H,16,17). The van der Waals surface area contributed by atoms with Crippen molar-refractivity contribution in [1.82, 2.24) is 5.32 Å². The summed E-state index contributed by atoms with van der Waals surface area (Å²) in [7, 11) is 0. The molecular formula is C12H12Cl2N2O. The van der Waals surface area contributed by atoms with Gasteiger partial charge < -0.3 is 5.32 Å². The zero-order valence-corrected chi connectivity index (χ0v) is 10.7. The first-order valence-electron chi connectivity index (χ1n) is 5.21. The molecule has 1 amide bonds. The molecule has 17 heavy (non-hydrogen) atoms. The van der Waals surface area contributed by atoms with Gasteiger partial charge in [-0.15, -0.1) is 0 Å². The van der Waals surface area contributed by atoms with E-state index in [1.807, 2.05) is 6.07 Å². The number of carbonyl (C=O) groups is 1. The predicted molar refractivity (Wildman–Crippen MR) is 68.0 cm³/mol. The van der Waals surface area contributed by atoms with E-state index in [0.717, 1.165) is 5.56 Å². The molecule has 0 radical (unpaired) electrons. The number of benzene rings is 1. The van der Waals surface area contributed by atoms with Gasteiger partial charge in [-0.2, -0.15) is 5.26 Å². The summed E-state index contributed by atoms with van der Waals surface area (Å²) in [6.45, 7) is 0.522. The number of hydrogen-bond donors (Lipinski definition) is 1. The summed E-state index contributed by atoms with van der Waals surface area (Å²) in [5.74, 6) is -0.0821. The quantitative estimate of drug-likeness (QED) is 0.837. The third kappa shape index (κ3) is 5.08. The second-order valence-corrected chi connectivity index (χ2v) is 4.35. The van der Waals surface area contributed by atoms with E-state index in [1.54, 1.807) is 18.2 Å². The molecule has 0 saturated heterocycles. The van der Waals surface area contributed by atoms with Crippen LogP contribution in [0.5, 0.6) is 0 Å². The fourth-order valence-electron chi connectivity index (χ4n) is 1.29. The highest BCUT2D eigenvalue weighted by atomic mass is 35.5. The Hall–Kier alpha value is -1.24. The fourth-order valence-corrected chi connectivity index (χ4v) is 1.61. The Bertz CT molecular complexity index is 441. The van der Waals surface area contributed by atoms with Crippen LogP contribution < -0.4 is 5.32 Å². The van der Waals surface area contributed by atoms with Crippen LogP contribution in [0.1, 0.15) is 18.4 Å². The van der Waals surface area contributed by atoms with Gasteiger partial charge in [-0.3, -0.25) is 4.79 Å². The summed E-state index contributed by atoms with van der Waals surface area (Å²) in [5, 5.41) is 12.0. The van der Waals surface area contributed by atoms with Crippen LogP contribution in [0.3, 0.4) is 0 Å². The van der Waals surface area contributed by atoms with E-state index in [9.17, 15) is 4.79 Å². The lowest BCUT2D eigenvalue weighted by molar-refractivity contribution is -0.120. The van der Waals surface area contributed by atoms with Crippen LogP contribution >= 0.6 is 23.2 Å². The van der Waals surface area contributed by atoms with Gasteiger partial charge in [-0.1, -0.05) is 29.3 Å². The third-order valence-corrected chi connectivity index (χ3v) is 2.88. The number of nitriles is 1. The molecular weight excluding hydrogens is 259 g/mol. The molecule has 90 valence electrons. The SMILES string of the molecule is N#CCCCNC(=O)Cc1ccc(Cl)c(Cl)c1. The summed E-state index contributed by atoms with van der Waals surface area (Å²) in [4.78, 5) is 11.5. The first-order valence-corrected chi connectivity index (χ1v) is 5.96. The molecule has 0 aliphatic carbocycles. The molecule has 0 heterocycles. The Kier molecular flexibility index (Phi) is 5.82. The smallest absolute Gasteiger partial charge is 0.224 e. The third-order valence-electron chi connectivity index (χ3n) is 2.14. The van der Waals surface area contributed by atoms with Crippen molar-refractivity contribution < 1.29 is 4.79 Å². The molecule has 0 aromatic heterocycles. The lowest BCUT2D eigenvalue weighted by Crippen LogP contribution is -2.25. The Morgan fingerprint density at radius 2 is 2.12 bits per heavy atom. The second-order valence-electron chi connectivity index (χ2n) is 3.54. The topological polar surface area (TPSA) is 52.9 Å². The molecule has 0 bridgehead atoms. The first-order chi connectivity index (χ1) is 8.13. The molecule has 0 fully saturated rings. The van der Waals surface area contributed by atoms with Crippen molar-refractivity contribution in [2.24, 2.45) is 0 Å². The summed E-state index contributed by atoms with van der Waals surface area (Å²) < 4.78 is 0. The minimum absolute atomic E-state index is 0.0821. The highest BCUT2D eigenvalue weighted by Crippen LogP contribution is 2.22. The van der Waals surface area contributed by atoms with Crippen molar-refractivity contribution in [3.8, 4) is 6.07 Å². The van der Waals surface area contributed by atoms with Gasteiger partial charge >= 0.3 is 0 Å². The Labute approximate surface area is 110 Å². The van der Waals surface area contributed by atoms with Crippen LogP contribution in [0.15, 0.2) is 18.2 Å². The molecule has 0 aliphatic rings. The number of rotatable bonds is 5. The van der Waals surface area contributed by atoms with Crippen molar-refractivity contribution in [3.05, 3.63) is 33.8 Å². The maximum atomic E-state index is 11.5. The van der Waals surface area contributed by atoms with Crippen molar-refractivity contribution in [3.63, 3.8) is 0 Å². The molecule has 1 N–H and O–H groups in total. The van der Waals surface area contributed by atoms with Crippen molar-refractivity contribution in [2.75, 3.05) is 6.54 Å². The maximum absolute atomic E-state index is 11.5. The molecule has 0 unspecified atom stereocenters. The van der Waals surface area contributed by atoms with Gasteiger partial charge in [-0.05, 0) is 24.1 Å². The maximum Gasteiger partial charge on any atom is 0.224 e. The highest BCUT2D eigenvalue weighted by molar-refractivity contribution is 6.42. The van der Waals surface area contributed by atoms with Gasteiger partial charge in [0, 0.05) is 13.0 Å². The van der Waals surface area contributed by atoms with Gasteiger partial charge in [0.15, 0.2) is 0 Å². The molecule has 1 rings (SSSR count). The number of unbranched alkanes of at least 4 members (excludes halogenated alkanes) is 1. The Morgan fingerprint density at radius 3 is 2.76 bits per heavy atom. The van der Waals surface area contributed by atoms with Crippen molar-refractivity contribution >= 4 is 29.1 Å². The van der Waals surface area contributed by atoms with Gasteiger partial charge in [0.1, 0.15) is 0 Å². The molecule has 1 aromatic rings. The van der Waals surface area contributed by atoms with E-state index in [-0.39, 0.29) is 12.3 Å². The van der Waals surface area contributed by atoms with Crippen LogP contribution in [0, 0.1) is 11.3 Å². The monoisotopic (exact) mass is 270 g/mol. The number of halogens is 2. The summed E-state index contributed by atoms with van der Waals surface area (Å²) in [6, 6.07) is 7.14. The first kappa shape index (κ1) is 13.8. The molecule has 0 aliphatic heterocycles. The fraction of sp³-hybridized carbons (Fsp3) is 0.333. The van der Waals surface area contributed by atoms with Crippen LogP contribution in [-0.4, -0.2) is 12.5 Å². The summed E-state index contributed by atoms with van der Waals surface area (Å²) >= 11 is 11.6. The number of nitrogens with one attached hydrogen (secondary N) is 1. The number of nitrogens with zero attached hydrogens (tertiary/aromatic N) is 1. The molecule has 3 nitrogen and oxygen atoms in total. The zero-order chi connectivity index (χ0) is 12.7. The zero-order valence-electron chi connectivity index (χ0n) is 9.17. The van der Waals surface area contributed by atoms with Crippen LogP contribution in [0.2, 0.25) is 10.0 Å². The Morgan fingerprint density at radius 1 is 1.35 bits per heavy atom. The van der Waals surface area contributed by atoms with Crippen LogP contribution in [0.4, 0.5) is 0 Å². The molecule has 0 atom stereocenters. The Balaban J connectivity index is 2.40. The molecule has 5 heteroatoms. The van der Waals surface area contributed by atoms with Gasteiger partial charge in [-0.25, -0.2) is 0 Å². The van der Waals surface area contributed by atoms with Crippen LogP contribution in [-0.2, 0) is 11.2 Å². The van der Waals surface area contributed by atoms with E-state index < -0.39 is 0 Å². The second kappa shape index (κ2) is 7.16. The lowest BCUT2D eigenvalue weighted by Gasteiger charge is -2.05. The number of hydrogen-bond acceptors (Lipinski definition) is 2. The molecule has 1 aromatic carbocycles. The largest absolute Gasteiger partial charge is 0.356 e. The van der Waals surface area contributed by atoms with E-state index in [2.05, 4.69) is 5.32 Å². The number of carbonyl (C=O) groups excluding carboxylic acids is 1. The highest BCUT2D eigenvalue weighted by Gasteiger charge is 2.05. The van der Waals surface area contributed by atoms with E-state index >= 15 is 0 Å². The van der Waals surface area contributed by atoms with Gasteiger partial charge in [0.2, 0.25) is 5.91 Å². The van der Waals surface area contributed by atoms with Crippen molar-refractivity contribution in [1.29, 1.82) is 5.26 Å². The lowest BCUT2D eigenvalue weighted by atomic mass is 10.1. The normalized spacial score (nSPS) is 9.71. The number of amides is 1. The van der Waals surface area contributed by atoms with Gasteiger partial charge in [0.05, 0.1) is 22.5 Å². The van der Waals surface area contributed by atoms with E-state index in [4.69, 9.17) is 28.5 Å². The van der Waals surface area contributed by atoms with Gasteiger partial charge in [0.25, 0.3) is 0 Å².